The third-order valence-corrected chi connectivity index (χ3v) is 4.07. The summed E-state index contributed by atoms with van der Waals surface area (Å²) < 4.78 is 5.19. The molecule has 8 heteroatoms. The number of nitrogens with one attached hydrogen (secondary N) is 4. The van der Waals surface area contributed by atoms with Crippen LogP contribution in [0.25, 0.3) is 0 Å². The molecule has 2 heterocycles. The molecule has 1 unspecified atom stereocenters. The Morgan fingerprint density at radius 3 is 2.81 bits per heavy atom. The summed E-state index contributed by atoms with van der Waals surface area (Å²) >= 11 is 0. The van der Waals surface area contributed by atoms with E-state index in [-0.39, 0.29) is 37.4 Å². The highest BCUT2D eigenvalue weighted by molar-refractivity contribution is 6.03. The summed E-state index contributed by atoms with van der Waals surface area (Å²) in [5.74, 6) is 0.0478. The van der Waals surface area contributed by atoms with Crippen LogP contribution in [0.1, 0.15) is 16.1 Å². The minimum atomic E-state index is -0.304. The Bertz CT molecular complexity index is 788. The molecule has 26 heavy (non-hydrogen) atoms. The molecule has 3 amide bonds. The second-order valence-corrected chi connectivity index (χ2v) is 6.06. The van der Waals surface area contributed by atoms with Crippen molar-refractivity contribution in [3.05, 3.63) is 54.0 Å². The standard InChI is InChI=1S/C18H20N4O4/c23-16-11-22(8-7-19-16)12-17(24)21-15-6-2-1-5-14(15)18(25)20-10-13-4-3-9-26-13/h1-6,9H,7-8,10-12H2,(H,19,23)(H,20,25)(H,21,24)/p+1. The van der Waals surface area contributed by atoms with Crippen LogP contribution in [0.15, 0.2) is 47.1 Å². The van der Waals surface area contributed by atoms with Crippen LogP contribution in [0.5, 0.6) is 0 Å². The Balaban J connectivity index is 1.60. The highest BCUT2D eigenvalue weighted by atomic mass is 16.3. The zero-order chi connectivity index (χ0) is 18.4. The molecular formula is C18H21N4O4+. The number of piperazine rings is 1. The van der Waals surface area contributed by atoms with Crippen LogP contribution >= 0.6 is 0 Å². The zero-order valence-electron chi connectivity index (χ0n) is 14.2. The van der Waals surface area contributed by atoms with Crippen LogP contribution in [-0.4, -0.2) is 43.9 Å². The van der Waals surface area contributed by atoms with E-state index in [9.17, 15) is 14.4 Å². The van der Waals surface area contributed by atoms with Gasteiger partial charge in [-0.25, -0.2) is 0 Å². The quantitative estimate of drug-likeness (QED) is 0.541. The molecule has 1 aliphatic rings. The predicted molar refractivity (Wildman–Crippen MR) is 93.5 cm³/mol. The number of carbonyl (C=O) groups excluding carboxylic acids is 3. The fraction of sp³-hybridized carbons (Fsp3) is 0.278. The van der Waals surface area contributed by atoms with Crippen LogP contribution in [0.3, 0.4) is 0 Å². The number of hydrogen-bond acceptors (Lipinski definition) is 4. The molecule has 0 saturated carbocycles. The number of furan rings is 1. The van der Waals surface area contributed by atoms with Crippen LogP contribution in [0.4, 0.5) is 5.69 Å². The van der Waals surface area contributed by atoms with Gasteiger partial charge in [0.25, 0.3) is 17.7 Å². The molecule has 0 spiro atoms. The molecule has 136 valence electrons. The number of anilines is 1. The van der Waals surface area contributed by atoms with Gasteiger partial charge >= 0.3 is 0 Å². The third kappa shape index (κ3) is 4.70. The fourth-order valence-electron chi connectivity index (χ4n) is 2.79. The molecule has 4 N–H and O–H groups in total. The molecule has 1 aromatic carbocycles. The zero-order valence-corrected chi connectivity index (χ0v) is 14.2. The molecule has 8 nitrogen and oxygen atoms in total. The van der Waals surface area contributed by atoms with E-state index in [0.717, 1.165) is 4.90 Å². The van der Waals surface area contributed by atoms with E-state index in [2.05, 4.69) is 16.0 Å². The number of para-hydroxylation sites is 1. The Morgan fingerprint density at radius 1 is 1.19 bits per heavy atom. The van der Waals surface area contributed by atoms with Crippen molar-refractivity contribution in [3.63, 3.8) is 0 Å². The molecule has 1 aliphatic heterocycles. The van der Waals surface area contributed by atoms with Crippen molar-refractivity contribution in [2.45, 2.75) is 6.54 Å². The van der Waals surface area contributed by atoms with Crippen LogP contribution in [-0.2, 0) is 16.1 Å². The van der Waals surface area contributed by atoms with Crippen molar-refractivity contribution < 1.29 is 23.7 Å². The molecule has 1 atom stereocenters. The molecule has 3 rings (SSSR count). The summed E-state index contributed by atoms with van der Waals surface area (Å²) in [7, 11) is 0. The first kappa shape index (κ1) is 17.7. The number of quaternary nitrogens is 1. The Labute approximate surface area is 150 Å². The largest absolute Gasteiger partial charge is 0.467 e. The van der Waals surface area contributed by atoms with Crippen molar-refractivity contribution >= 4 is 23.4 Å². The average molecular weight is 357 g/mol. The summed E-state index contributed by atoms with van der Waals surface area (Å²) in [6.45, 7) is 1.98. The van der Waals surface area contributed by atoms with Crippen LogP contribution in [0.2, 0.25) is 0 Å². The first-order chi connectivity index (χ1) is 12.6. The maximum Gasteiger partial charge on any atom is 0.279 e. The Kier molecular flexibility index (Phi) is 5.65. The summed E-state index contributed by atoms with van der Waals surface area (Å²) in [6, 6.07) is 10.3. The maximum atomic E-state index is 12.4. The predicted octanol–water partition coefficient (Wildman–Crippen LogP) is -0.837. The lowest BCUT2D eigenvalue weighted by Crippen LogP contribution is -3.16. The second-order valence-electron chi connectivity index (χ2n) is 6.06. The van der Waals surface area contributed by atoms with Crippen molar-refractivity contribution in [2.24, 2.45) is 0 Å². The smallest absolute Gasteiger partial charge is 0.279 e. The summed E-state index contributed by atoms with van der Waals surface area (Å²) in [6.07, 6.45) is 1.54. The normalized spacial score (nSPS) is 16.6. The van der Waals surface area contributed by atoms with Crippen LogP contribution in [0, 0.1) is 0 Å². The van der Waals surface area contributed by atoms with Gasteiger partial charge in [-0.2, -0.15) is 0 Å². The van der Waals surface area contributed by atoms with E-state index >= 15 is 0 Å². The minimum absolute atomic E-state index is 0.0586. The van der Waals surface area contributed by atoms with E-state index in [1.807, 2.05) is 0 Å². The summed E-state index contributed by atoms with van der Waals surface area (Å²) in [5, 5.41) is 8.26. The van der Waals surface area contributed by atoms with E-state index in [1.54, 1.807) is 42.7 Å². The van der Waals surface area contributed by atoms with Crippen molar-refractivity contribution in [3.8, 4) is 0 Å². The maximum absolute atomic E-state index is 12.4. The number of amides is 3. The lowest BCUT2D eigenvalue weighted by Gasteiger charge is -2.23. The second kappa shape index (κ2) is 8.30. The van der Waals surface area contributed by atoms with E-state index in [0.29, 0.717) is 30.1 Å². The fourth-order valence-corrected chi connectivity index (χ4v) is 2.79. The number of benzene rings is 1. The van der Waals surface area contributed by atoms with Gasteiger partial charge in [-0.15, -0.1) is 0 Å². The van der Waals surface area contributed by atoms with Gasteiger partial charge in [-0.3, -0.25) is 14.4 Å². The monoisotopic (exact) mass is 357 g/mol. The molecule has 0 aliphatic carbocycles. The number of carbonyl (C=O) groups is 3. The van der Waals surface area contributed by atoms with Gasteiger partial charge in [0.2, 0.25) is 0 Å². The van der Waals surface area contributed by atoms with Crippen molar-refractivity contribution in [1.29, 1.82) is 0 Å². The topological polar surface area (TPSA) is 105 Å². The van der Waals surface area contributed by atoms with E-state index in [4.69, 9.17) is 4.42 Å². The molecule has 0 radical (unpaired) electrons. The van der Waals surface area contributed by atoms with Gasteiger partial charge < -0.3 is 25.3 Å². The lowest BCUT2D eigenvalue weighted by molar-refractivity contribution is -0.885. The number of hydrogen-bond donors (Lipinski definition) is 4. The SMILES string of the molecule is O=C1C[NH+](CC(=O)Nc2ccccc2C(=O)NCc2ccco2)CCN1. The number of rotatable bonds is 6. The van der Waals surface area contributed by atoms with Gasteiger partial charge in [-0.05, 0) is 24.3 Å². The third-order valence-electron chi connectivity index (χ3n) is 4.07. The minimum Gasteiger partial charge on any atom is -0.467 e. The van der Waals surface area contributed by atoms with Gasteiger partial charge in [0, 0.05) is 0 Å². The van der Waals surface area contributed by atoms with Gasteiger partial charge in [0.1, 0.15) is 5.76 Å². The van der Waals surface area contributed by atoms with E-state index < -0.39 is 0 Å². The molecule has 1 fully saturated rings. The summed E-state index contributed by atoms with van der Waals surface area (Å²) in [5.41, 5.74) is 0.814. The lowest BCUT2D eigenvalue weighted by atomic mass is 10.1. The average Bonchev–Trinajstić information content (AvgIpc) is 3.13. The van der Waals surface area contributed by atoms with Crippen molar-refractivity contribution in [1.82, 2.24) is 10.6 Å². The molecule has 0 bridgehead atoms. The van der Waals surface area contributed by atoms with Gasteiger partial charge in [0.05, 0.1) is 37.1 Å². The first-order valence-corrected chi connectivity index (χ1v) is 8.41. The van der Waals surface area contributed by atoms with Crippen molar-refractivity contribution in [2.75, 3.05) is 31.5 Å². The highest BCUT2D eigenvalue weighted by Crippen LogP contribution is 2.15. The molecule has 1 saturated heterocycles. The van der Waals surface area contributed by atoms with Crippen LogP contribution < -0.4 is 20.9 Å². The Hall–Kier alpha value is -3.13. The highest BCUT2D eigenvalue weighted by Gasteiger charge is 2.23. The Morgan fingerprint density at radius 2 is 2.04 bits per heavy atom. The molecule has 1 aromatic heterocycles. The van der Waals surface area contributed by atoms with Gasteiger partial charge in [-0.1, -0.05) is 12.1 Å². The first-order valence-electron chi connectivity index (χ1n) is 8.41. The molecular weight excluding hydrogens is 336 g/mol. The molecule has 2 aromatic rings. The summed E-state index contributed by atoms with van der Waals surface area (Å²) in [4.78, 5) is 37.0. The van der Waals surface area contributed by atoms with Gasteiger partial charge in [0.15, 0.2) is 13.1 Å². The van der Waals surface area contributed by atoms with E-state index in [1.165, 1.54) is 0 Å².